The van der Waals surface area contributed by atoms with Gasteiger partial charge in [0.25, 0.3) is 0 Å². The predicted octanol–water partition coefficient (Wildman–Crippen LogP) is 7.89. The summed E-state index contributed by atoms with van der Waals surface area (Å²) in [4.78, 5) is 15.3. The van der Waals surface area contributed by atoms with Crippen LogP contribution in [-0.4, -0.2) is 88.9 Å². The molecule has 1 aliphatic carbocycles. The molecule has 0 radical (unpaired) electrons. The van der Waals surface area contributed by atoms with Gasteiger partial charge in [0.05, 0.1) is 25.0 Å². The first-order valence-corrected chi connectivity index (χ1v) is 20.5. The molecule has 7 rings (SSSR count). The van der Waals surface area contributed by atoms with Crippen molar-refractivity contribution in [2.24, 2.45) is 5.92 Å². The summed E-state index contributed by atoms with van der Waals surface area (Å²) in [7, 11) is 0. The van der Waals surface area contributed by atoms with Crippen molar-refractivity contribution < 1.29 is 47.4 Å². The van der Waals surface area contributed by atoms with E-state index in [4.69, 9.17) is 54.2 Å². The number of hydrogen-bond acceptors (Lipinski definition) is 10. The van der Waals surface area contributed by atoms with Crippen LogP contribution in [0.5, 0.6) is 5.75 Å². The van der Waals surface area contributed by atoms with Crippen molar-refractivity contribution in [2.45, 2.75) is 140 Å². The molecule has 4 aliphatic heterocycles. The van der Waals surface area contributed by atoms with E-state index >= 15 is 4.79 Å². The van der Waals surface area contributed by atoms with Crippen molar-refractivity contribution in [3.8, 4) is 5.75 Å². The highest BCUT2D eigenvalue weighted by Crippen LogP contribution is 2.43. The highest BCUT2D eigenvalue weighted by Gasteiger charge is 2.55. The Hall–Kier alpha value is -2.12. The van der Waals surface area contributed by atoms with Gasteiger partial charge in [-0.15, -0.1) is 0 Å². The Morgan fingerprint density at radius 3 is 1.75 bits per heavy atom. The minimum Gasteiger partial charge on any atom is -0.494 e. The van der Waals surface area contributed by atoms with Crippen LogP contribution in [-0.2, 0) is 49.1 Å². The van der Waals surface area contributed by atoms with Gasteiger partial charge < -0.3 is 42.6 Å². The molecule has 5 fully saturated rings. The van der Waals surface area contributed by atoms with Gasteiger partial charge in [0, 0.05) is 31.5 Å². The molecule has 4 unspecified atom stereocenters. The van der Waals surface area contributed by atoms with E-state index in [1.807, 2.05) is 31.2 Å². The molecule has 53 heavy (non-hydrogen) atoms. The molecule has 5 aliphatic rings. The molecule has 2 aromatic rings. The van der Waals surface area contributed by atoms with Gasteiger partial charge in [-0.1, -0.05) is 35.9 Å². The second-order valence-corrected chi connectivity index (χ2v) is 15.3. The first-order chi connectivity index (χ1) is 26.1. The highest BCUT2D eigenvalue weighted by molar-refractivity contribution is 6.31. The number of rotatable bonds is 14. The number of benzene rings is 2. The van der Waals surface area contributed by atoms with E-state index in [9.17, 15) is 0 Å². The first-order valence-electron chi connectivity index (χ1n) is 20.1. The summed E-state index contributed by atoms with van der Waals surface area (Å²) >= 11 is 6.88. The van der Waals surface area contributed by atoms with Crippen molar-refractivity contribution in [3.05, 3.63) is 64.2 Å². The van der Waals surface area contributed by atoms with E-state index < -0.39 is 49.0 Å². The standard InChI is InChI=1S/C42H57ClO10/c1-2-45-31-18-15-28(16-19-31)25-30-26-29(17-20-33(30)43)38-39(44)32(27-50-34-11-3-7-21-46-34)40(51-35-12-4-8-22-47-35)42(53-37-14-6-10-24-49-37)41(38)52-36-13-5-9-23-48-36/h15-20,26,32,34-38,40-42H,2-14,21-25,27H2,1H3/t32-,34?,35?,36?,37?,38+,40+,41-,42-/m0/s1. The molecule has 10 nitrogen and oxygen atoms in total. The molecule has 9 atom stereocenters. The van der Waals surface area contributed by atoms with E-state index in [1.54, 1.807) is 0 Å². The molecule has 4 heterocycles. The zero-order chi connectivity index (χ0) is 36.4. The summed E-state index contributed by atoms with van der Waals surface area (Å²) in [6.45, 7) is 5.18. The lowest BCUT2D eigenvalue weighted by Crippen LogP contribution is -2.61. The summed E-state index contributed by atoms with van der Waals surface area (Å²) in [5, 5.41) is 0.632. The number of ketones is 1. The molecule has 0 bridgehead atoms. The maximum absolute atomic E-state index is 15.3. The van der Waals surface area contributed by atoms with Crippen LogP contribution >= 0.6 is 11.6 Å². The SMILES string of the molecule is CCOc1ccc(Cc2cc([C@@H]3C(=O)[C@H](COC4CCCCO4)[C@@H](OC4CCCCO4)[C@H](OC4CCCCO4)[C@H]3OC3CCCCO3)ccc2Cl)cc1. The normalized spacial score (nSPS) is 32.7. The van der Waals surface area contributed by atoms with Crippen molar-refractivity contribution in [1.29, 1.82) is 0 Å². The first kappa shape index (κ1) is 39.1. The van der Waals surface area contributed by atoms with Gasteiger partial charge in [-0.05, 0) is 125 Å². The van der Waals surface area contributed by atoms with Gasteiger partial charge in [-0.2, -0.15) is 0 Å². The number of Topliss-reactive ketones (excluding diaryl/α,β-unsaturated/α-hetero) is 1. The zero-order valence-electron chi connectivity index (χ0n) is 31.1. The fourth-order valence-corrected chi connectivity index (χ4v) is 8.41. The summed E-state index contributed by atoms with van der Waals surface area (Å²) in [6.07, 6.45) is 7.63. The van der Waals surface area contributed by atoms with Crippen LogP contribution in [0.1, 0.15) is 107 Å². The third kappa shape index (κ3) is 10.4. The molecular formula is C42H57ClO10. The Bertz CT molecular complexity index is 1420. The van der Waals surface area contributed by atoms with Gasteiger partial charge in [-0.3, -0.25) is 4.79 Å². The van der Waals surface area contributed by atoms with Gasteiger partial charge in [0.2, 0.25) is 0 Å². The Morgan fingerprint density at radius 2 is 1.21 bits per heavy atom. The fourth-order valence-electron chi connectivity index (χ4n) is 8.22. The van der Waals surface area contributed by atoms with Crippen molar-refractivity contribution in [1.82, 2.24) is 0 Å². The Balaban J connectivity index is 1.26. The number of halogens is 1. The minimum absolute atomic E-state index is 0.0267. The van der Waals surface area contributed by atoms with Crippen molar-refractivity contribution >= 4 is 17.4 Å². The van der Waals surface area contributed by atoms with E-state index in [2.05, 4.69) is 18.2 Å². The average Bonchev–Trinajstić information content (AvgIpc) is 3.20. The van der Waals surface area contributed by atoms with E-state index in [0.717, 1.165) is 99.5 Å². The number of carbonyl (C=O) groups excluding carboxylic acids is 1. The van der Waals surface area contributed by atoms with Gasteiger partial charge in [0.15, 0.2) is 30.9 Å². The molecule has 0 amide bonds. The van der Waals surface area contributed by atoms with Crippen LogP contribution in [0, 0.1) is 5.92 Å². The summed E-state index contributed by atoms with van der Waals surface area (Å²) in [5.74, 6) is -0.592. The fraction of sp³-hybridized carbons (Fsp3) is 0.690. The molecular weight excluding hydrogens is 700 g/mol. The number of ether oxygens (including phenoxy) is 9. The van der Waals surface area contributed by atoms with Gasteiger partial charge in [0.1, 0.15) is 24.1 Å². The van der Waals surface area contributed by atoms with Crippen LogP contribution in [0.2, 0.25) is 5.02 Å². The van der Waals surface area contributed by atoms with Crippen molar-refractivity contribution in [2.75, 3.05) is 39.6 Å². The second kappa shape index (κ2) is 19.6. The van der Waals surface area contributed by atoms with Gasteiger partial charge in [-0.25, -0.2) is 0 Å². The third-order valence-corrected chi connectivity index (χ3v) is 11.4. The van der Waals surface area contributed by atoms with E-state index in [1.165, 1.54) is 0 Å². The smallest absolute Gasteiger partial charge is 0.158 e. The van der Waals surface area contributed by atoms with Gasteiger partial charge >= 0.3 is 0 Å². The van der Waals surface area contributed by atoms with Crippen molar-refractivity contribution in [3.63, 3.8) is 0 Å². The third-order valence-electron chi connectivity index (χ3n) is 11.0. The summed E-state index contributed by atoms with van der Waals surface area (Å²) in [5.41, 5.74) is 2.81. The molecule has 0 aromatic heterocycles. The predicted molar refractivity (Wildman–Crippen MR) is 198 cm³/mol. The molecule has 1 saturated carbocycles. The number of hydrogen-bond donors (Lipinski definition) is 0. The largest absolute Gasteiger partial charge is 0.494 e. The second-order valence-electron chi connectivity index (χ2n) is 14.9. The summed E-state index contributed by atoms with van der Waals surface area (Å²) in [6, 6.07) is 13.9. The maximum Gasteiger partial charge on any atom is 0.158 e. The Morgan fingerprint density at radius 1 is 0.660 bits per heavy atom. The molecule has 11 heteroatoms. The van der Waals surface area contributed by atoms with Crippen LogP contribution < -0.4 is 4.74 Å². The van der Waals surface area contributed by atoms with Crippen LogP contribution in [0.4, 0.5) is 0 Å². The maximum atomic E-state index is 15.3. The molecule has 4 saturated heterocycles. The van der Waals surface area contributed by atoms with E-state index in [0.29, 0.717) is 44.5 Å². The molecule has 292 valence electrons. The zero-order valence-corrected chi connectivity index (χ0v) is 31.9. The molecule has 2 aromatic carbocycles. The van der Waals surface area contributed by atoms with E-state index in [-0.39, 0.29) is 18.7 Å². The Kier molecular flexibility index (Phi) is 14.5. The minimum atomic E-state index is -0.730. The molecule has 0 N–H and O–H groups in total. The molecule has 0 spiro atoms. The quantitative estimate of drug-likeness (QED) is 0.189. The van der Waals surface area contributed by atoms with Crippen LogP contribution in [0.15, 0.2) is 42.5 Å². The van der Waals surface area contributed by atoms with Crippen LogP contribution in [0.25, 0.3) is 0 Å². The summed E-state index contributed by atoms with van der Waals surface area (Å²) < 4.78 is 57.3. The Labute approximate surface area is 319 Å². The lowest BCUT2D eigenvalue weighted by atomic mass is 9.71. The lowest BCUT2D eigenvalue weighted by molar-refractivity contribution is -0.304. The monoisotopic (exact) mass is 756 g/mol. The highest BCUT2D eigenvalue weighted by atomic mass is 35.5. The average molecular weight is 757 g/mol. The van der Waals surface area contributed by atoms with Crippen LogP contribution in [0.3, 0.4) is 0 Å². The topological polar surface area (TPSA) is 100 Å². The lowest BCUT2D eigenvalue weighted by Gasteiger charge is -2.48. The number of carbonyl (C=O) groups is 1.